The van der Waals surface area contributed by atoms with Gasteiger partial charge in [0.1, 0.15) is 0 Å². The van der Waals surface area contributed by atoms with Gasteiger partial charge < -0.3 is 4.42 Å². The van der Waals surface area contributed by atoms with Gasteiger partial charge in [0.05, 0.1) is 14.7 Å². The first-order valence-electron chi connectivity index (χ1n) is 5.52. The minimum Gasteiger partial charge on any atom is -0.410 e. The number of hydrogen-bond acceptors (Lipinski definition) is 7. The number of hydrogen-bond donors (Lipinski definition) is 0. The van der Waals surface area contributed by atoms with Crippen LogP contribution in [-0.2, 0) is 0 Å². The van der Waals surface area contributed by atoms with Crippen LogP contribution in [-0.4, -0.2) is 15.1 Å². The van der Waals surface area contributed by atoms with Gasteiger partial charge in [0.15, 0.2) is 0 Å². The van der Waals surface area contributed by atoms with Gasteiger partial charge in [-0.1, -0.05) is 18.2 Å². The van der Waals surface area contributed by atoms with Gasteiger partial charge in [0.2, 0.25) is 0 Å². The Morgan fingerprint density at radius 1 is 1.20 bits per heavy atom. The highest BCUT2D eigenvalue weighted by molar-refractivity contribution is 7.99. The maximum Gasteiger partial charge on any atom is 0.283 e. The third kappa shape index (κ3) is 2.56. The van der Waals surface area contributed by atoms with E-state index in [1.54, 1.807) is 18.2 Å². The van der Waals surface area contributed by atoms with Crippen molar-refractivity contribution in [1.29, 1.82) is 0 Å². The second-order valence-electron chi connectivity index (χ2n) is 3.68. The number of aromatic nitrogens is 2. The molecule has 0 amide bonds. The molecular formula is C12H7N3O3S2. The maximum atomic E-state index is 10.9. The molecule has 0 radical (unpaired) electrons. The topological polar surface area (TPSA) is 82.1 Å². The van der Waals surface area contributed by atoms with Crippen molar-refractivity contribution in [3.05, 3.63) is 51.9 Å². The van der Waals surface area contributed by atoms with Crippen LogP contribution in [0.5, 0.6) is 0 Å². The lowest BCUT2D eigenvalue weighted by atomic mass is 10.3. The molecule has 0 spiro atoms. The third-order valence-corrected chi connectivity index (χ3v) is 4.16. The Hall–Kier alpha value is -2.19. The monoisotopic (exact) mass is 305 g/mol. The van der Waals surface area contributed by atoms with Crippen molar-refractivity contribution in [3.8, 4) is 10.8 Å². The number of nitro groups is 1. The molecule has 0 atom stereocenters. The second-order valence-corrected chi connectivity index (χ2v) is 5.62. The molecule has 20 heavy (non-hydrogen) atoms. The molecule has 3 rings (SSSR count). The van der Waals surface area contributed by atoms with Gasteiger partial charge in [0, 0.05) is 6.07 Å². The number of benzene rings is 1. The van der Waals surface area contributed by atoms with Gasteiger partial charge in [-0.05, 0) is 29.3 Å². The minimum absolute atomic E-state index is 0.0216. The summed E-state index contributed by atoms with van der Waals surface area (Å²) in [5.41, 5.74) is 0.0216. The molecule has 0 aliphatic rings. The molecule has 0 aliphatic heterocycles. The van der Waals surface area contributed by atoms with Gasteiger partial charge in [-0.3, -0.25) is 10.1 Å². The van der Waals surface area contributed by atoms with Crippen LogP contribution in [0.15, 0.2) is 56.3 Å². The number of nitro benzene ring substituents is 1. The van der Waals surface area contributed by atoms with E-state index in [4.69, 9.17) is 4.42 Å². The van der Waals surface area contributed by atoms with Gasteiger partial charge in [-0.25, -0.2) is 0 Å². The molecule has 1 aromatic carbocycles. The summed E-state index contributed by atoms with van der Waals surface area (Å²) in [5, 5.41) is 21.0. The Bertz CT molecular complexity index is 740. The molecule has 6 nitrogen and oxygen atoms in total. The van der Waals surface area contributed by atoms with Crippen molar-refractivity contribution in [2.24, 2.45) is 0 Å². The van der Waals surface area contributed by atoms with Crippen LogP contribution in [0.4, 0.5) is 5.69 Å². The van der Waals surface area contributed by atoms with Crippen LogP contribution in [0.3, 0.4) is 0 Å². The van der Waals surface area contributed by atoms with Crippen molar-refractivity contribution in [2.45, 2.75) is 10.1 Å². The summed E-state index contributed by atoms with van der Waals surface area (Å²) < 4.78 is 5.50. The number of rotatable bonds is 4. The van der Waals surface area contributed by atoms with Crippen molar-refractivity contribution in [2.75, 3.05) is 0 Å². The van der Waals surface area contributed by atoms with Crippen LogP contribution in [0, 0.1) is 10.1 Å². The lowest BCUT2D eigenvalue weighted by Crippen LogP contribution is -1.89. The van der Waals surface area contributed by atoms with E-state index in [0.717, 1.165) is 16.6 Å². The Kier molecular flexibility index (Phi) is 3.48. The smallest absolute Gasteiger partial charge is 0.283 e. The second kappa shape index (κ2) is 5.43. The Balaban J connectivity index is 1.87. The molecule has 8 heteroatoms. The zero-order valence-electron chi connectivity index (χ0n) is 9.92. The standard InChI is InChI=1S/C12H7N3O3S2/c16-15(17)8-4-1-2-5-9(8)20-12-14-13-11(18-12)10-6-3-7-19-10/h1-7H. The Labute approximate surface area is 121 Å². The van der Waals surface area contributed by atoms with Gasteiger partial charge in [-0.15, -0.1) is 21.5 Å². The summed E-state index contributed by atoms with van der Waals surface area (Å²) in [6.45, 7) is 0. The van der Waals surface area contributed by atoms with Crippen molar-refractivity contribution >= 4 is 28.8 Å². The van der Waals surface area contributed by atoms with E-state index in [9.17, 15) is 10.1 Å². The van der Waals surface area contributed by atoms with Crippen LogP contribution in [0.2, 0.25) is 0 Å². The first-order chi connectivity index (χ1) is 9.74. The molecule has 0 bridgehead atoms. The molecule has 3 aromatic rings. The summed E-state index contributed by atoms with van der Waals surface area (Å²) in [5.74, 6) is 0.418. The summed E-state index contributed by atoms with van der Waals surface area (Å²) in [7, 11) is 0. The number of thiophene rings is 1. The molecular weight excluding hydrogens is 298 g/mol. The minimum atomic E-state index is -0.432. The number of para-hydroxylation sites is 1. The van der Waals surface area contributed by atoms with Crippen LogP contribution >= 0.6 is 23.1 Å². The molecule has 2 heterocycles. The Morgan fingerprint density at radius 2 is 2.05 bits per heavy atom. The molecule has 0 saturated carbocycles. The van der Waals surface area contributed by atoms with E-state index in [0.29, 0.717) is 10.8 Å². The zero-order chi connectivity index (χ0) is 13.9. The highest BCUT2D eigenvalue weighted by Gasteiger charge is 2.17. The molecule has 100 valence electrons. The molecule has 0 saturated heterocycles. The highest BCUT2D eigenvalue weighted by atomic mass is 32.2. The summed E-state index contributed by atoms with van der Waals surface area (Å²) in [4.78, 5) is 11.8. The first-order valence-corrected chi connectivity index (χ1v) is 7.22. The maximum absolute atomic E-state index is 10.9. The van der Waals surface area contributed by atoms with Gasteiger partial charge in [0.25, 0.3) is 16.8 Å². The predicted octanol–water partition coefficient (Wildman–Crippen LogP) is 3.86. The fraction of sp³-hybridized carbons (Fsp3) is 0. The van der Waals surface area contributed by atoms with Gasteiger partial charge >= 0.3 is 0 Å². The average Bonchev–Trinajstić information content (AvgIpc) is 3.09. The summed E-state index contributed by atoms with van der Waals surface area (Å²) in [6.07, 6.45) is 0. The SMILES string of the molecule is O=[N+]([O-])c1ccccc1Sc1nnc(-c2cccs2)o1. The molecule has 0 unspecified atom stereocenters. The first kappa shape index (κ1) is 12.8. The lowest BCUT2D eigenvalue weighted by molar-refractivity contribution is -0.387. The number of nitrogens with zero attached hydrogens (tertiary/aromatic N) is 3. The highest BCUT2D eigenvalue weighted by Crippen LogP contribution is 2.35. The zero-order valence-corrected chi connectivity index (χ0v) is 11.6. The molecule has 0 N–H and O–H groups in total. The van der Waals surface area contributed by atoms with Crippen LogP contribution in [0.1, 0.15) is 0 Å². The fourth-order valence-electron chi connectivity index (χ4n) is 1.54. The van der Waals surface area contributed by atoms with E-state index in [1.807, 2.05) is 17.5 Å². The van der Waals surface area contributed by atoms with E-state index in [1.165, 1.54) is 17.4 Å². The van der Waals surface area contributed by atoms with Crippen LogP contribution < -0.4 is 0 Å². The van der Waals surface area contributed by atoms with Crippen molar-refractivity contribution in [1.82, 2.24) is 10.2 Å². The van der Waals surface area contributed by atoms with Gasteiger partial charge in [-0.2, -0.15) is 0 Å². The van der Waals surface area contributed by atoms with E-state index < -0.39 is 4.92 Å². The summed E-state index contributed by atoms with van der Waals surface area (Å²) >= 11 is 2.57. The summed E-state index contributed by atoms with van der Waals surface area (Å²) in [6, 6.07) is 10.2. The normalized spacial score (nSPS) is 10.6. The third-order valence-electron chi connectivity index (χ3n) is 2.40. The fourth-order valence-corrected chi connectivity index (χ4v) is 2.97. The predicted molar refractivity (Wildman–Crippen MR) is 74.8 cm³/mol. The van der Waals surface area contributed by atoms with Crippen molar-refractivity contribution in [3.63, 3.8) is 0 Å². The quantitative estimate of drug-likeness (QED) is 0.537. The molecule has 0 fully saturated rings. The average molecular weight is 305 g/mol. The van der Waals surface area contributed by atoms with Crippen molar-refractivity contribution < 1.29 is 9.34 Å². The van der Waals surface area contributed by atoms with E-state index in [2.05, 4.69) is 10.2 Å². The largest absolute Gasteiger partial charge is 0.410 e. The van der Waals surface area contributed by atoms with E-state index in [-0.39, 0.29) is 10.9 Å². The Morgan fingerprint density at radius 3 is 2.80 bits per heavy atom. The molecule has 2 aromatic heterocycles. The lowest BCUT2D eigenvalue weighted by Gasteiger charge is -1.97. The van der Waals surface area contributed by atoms with E-state index >= 15 is 0 Å². The molecule has 0 aliphatic carbocycles. The van der Waals surface area contributed by atoms with Crippen LogP contribution in [0.25, 0.3) is 10.8 Å².